The molecule has 0 atom stereocenters. The molecule has 2 aromatic rings. The van der Waals surface area contributed by atoms with Crippen molar-refractivity contribution in [3.8, 4) is 5.75 Å². The molecule has 2 aromatic carbocycles. The molecule has 0 bridgehead atoms. The number of sulfonamides is 1. The maximum Gasteiger partial charge on any atom is 0.238 e. The van der Waals surface area contributed by atoms with Gasteiger partial charge in [0.1, 0.15) is 12.4 Å². The van der Waals surface area contributed by atoms with E-state index in [4.69, 9.17) is 9.88 Å². The number of nitrogens with one attached hydrogen (secondary N) is 1. The first-order valence-corrected chi connectivity index (χ1v) is 9.66. The van der Waals surface area contributed by atoms with Crippen LogP contribution in [-0.4, -0.2) is 46.5 Å². The number of rotatable bonds is 7. The van der Waals surface area contributed by atoms with E-state index in [2.05, 4.69) is 10.3 Å². The van der Waals surface area contributed by atoms with Crippen LogP contribution in [0.3, 0.4) is 0 Å². The molecule has 0 aromatic heterocycles. The Balaban J connectivity index is 1.87. The van der Waals surface area contributed by atoms with E-state index in [1.807, 2.05) is 48.3 Å². The summed E-state index contributed by atoms with van der Waals surface area (Å²) in [4.78, 5) is 6.26. The molecule has 7 nitrogen and oxygen atoms in total. The number of ether oxygens (including phenoxy) is 1. The molecule has 0 radical (unpaired) electrons. The van der Waals surface area contributed by atoms with Gasteiger partial charge in [-0.2, -0.15) is 0 Å². The fourth-order valence-electron chi connectivity index (χ4n) is 2.32. The van der Waals surface area contributed by atoms with Gasteiger partial charge in [-0.1, -0.05) is 30.3 Å². The number of aliphatic imine (C=N–C) groups is 1. The van der Waals surface area contributed by atoms with Crippen molar-refractivity contribution in [2.45, 2.75) is 11.4 Å². The van der Waals surface area contributed by atoms with E-state index >= 15 is 0 Å². The Morgan fingerprint density at radius 3 is 2.58 bits per heavy atom. The van der Waals surface area contributed by atoms with E-state index in [0.717, 1.165) is 11.3 Å². The summed E-state index contributed by atoms with van der Waals surface area (Å²) in [6, 6.07) is 16.1. The molecule has 2 rings (SSSR count). The average molecular weight is 376 g/mol. The third-order valence-corrected chi connectivity index (χ3v) is 4.60. The van der Waals surface area contributed by atoms with Gasteiger partial charge in [-0.3, -0.25) is 4.99 Å². The topological polar surface area (TPSA) is 97.0 Å². The number of nitrogens with two attached hydrogens (primary N) is 1. The highest BCUT2D eigenvalue weighted by Gasteiger charge is 2.09. The minimum absolute atomic E-state index is 0.0939. The molecule has 140 valence electrons. The molecule has 0 saturated heterocycles. The van der Waals surface area contributed by atoms with E-state index in [0.29, 0.717) is 25.7 Å². The molecule has 0 saturated carbocycles. The zero-order chi connectivity index (χ0) is 19.0. The van der Waals surface area contributed by atoms with Crippen molar-refractivity contribution in [3.05, 3.63) is 60.2 Å². The molecule has 26 heavy (non-hydrogen) atoms. The fourth-order valence-corrected chi connectivity index (χ4v) is 2.91. The minimum atomic E-state index is -3.71. The van der Waals surface area contributed by atoms with Gasteiger partial charge in [-0.05, 0) is 29.8 Å². The molecule has 0 heterocycles. The van der Waals surface area contributed by atoms with Crippen LogP contribution in [-0.2, 0) is 16.6 Å². The Kier molecular flexibility index (Phi) is 6.99. The van der Waals surface area contributed by atoms with Crippen LogP contribution in [0.15, 0.2) is 64.5 Å². The Labute approximate surface area is 154 Å². The van der Waals surface area contributed by atoms with Crippen LogP contribution in [0.1, 0.15) is 5.56 Å². The molecule has 8 heteroatoms. The highest BCUT2D eigenvalue weighted by Crippen LogP contribution is 2.10. The number of likely N-dealkylation sites (N-methyl/N-ethyl adjacent to an activating group) is 1. The molecule has 0 spiro atoms. The SMILES string of the molecule is CN=C(NCc1cccc(S(N)(=O)=O)c1)N(C)CCOc1ccccc1. The third-order valence-electron chi connectivity index (χ3n) is 3.69. The van der Waals surface area contributed by atoms with E-state index in [1.54, 1.807) is 19.2 Å². The quantitative estimate of drug-likeness (QED) is 0.563. The Hall–Kier alpha value is -2.58. The largest absolute Gasteiger partial charge is 0.492 e. The lowest BCUT2D eigenvalue weighted by Gasteiger charge is -2.22. The van der Waals surface area contributed by atoms with Gasteiger partial charge in [0, 0.05) is 20.6 Å². The van der Waals surface area contributed by atoms with Gasteiger partial charge in [-0.15, -0.1) is 0 Å². The van der Waals surface area contributed by atoms with Crippen LogP contribution in [0.25, 0.3) is 0 Å². The van der Waals surface area contributed by atoms with Crippen LogP contribution in [0.5, 0.6) is 5.75 Å². The highest BCUT2D eigenvalue weighted by molar-refractivity contribution is 7.89. The molecular weight excluding hydrogens is 352 g/mol. The predicted molar refractivity (Wildman–Crippen MR) is 103 cm³/mol. The summed E-state index contributed by atoms with van der Waals surface area (Å²) >= 11 is 0. The lowest BCUT2D eigenvalue weighted by molar-refractivity contribution is 0.281. The second-order valence-corrected chi connectivity index (χ2v) is 7.24. The van der Waals surface area contributed by atoms with Crippen molar-refractivity contribution in [3.63, 3.8) is 0 Å². The zero-order valence-electron chi connectivity index (χ0n) is 14.9. The van der Waals surface area contributed by atoms with Crippen LogP contribution in [0, 0.1) is 0 Å². The van der Waals surface area contributed by atoms with Gasteiger partial charge in [0.05, 0.1) is 11.4 Å². The monoisotopic (exact) mass is 376 g/mol. The number of guanidine groups is 1. The molecule has 0 aliphatic carbocycles. The second kappa shape index (κ2) is 9.21. The van der Waals surface area contributed by atoms with E-state index in [1.165, 1.54) is 6.07 Å². The average Bonchev–Trinajstić information content (AvgIpc) is 2.63. The zero-order valence-corrected chi connectivity index (χ0v) is 15.7. The van der Waals surface area contributed by atoms with Gasteiger partial charge >= 0.3 is 0 Å². The van der Waals surface area contributed by atoms with Crippen molar-refractivity contribution < 1.29 is 13.2 Å². The molecule has 0 aliphatic heterocycles. The summed E-state index contributed by atoms with van der Waals surface area (Å²) in [5.74, 6) is 1.51. The molecule has 0 aliphatic rings. The summed E-state index contributed by atoms with van der Waals surface area (Å²) in [6.45, 7) is 1.59. The van der Waals surface area contributed by atoms with Gasteiger partial charge in [0.15, 0.2) is 5.96 Å². The Morgan fingerprint density at radius 2 is 1.92 bits per heavy atom. The van der Waals surface area contributed by atoms with Crippen LogP contribution >= 0.6 is 0 Å². The van der Waals surface area contributed by atoms with Crippen molar-refractivity contribution in [2.24, 2.45) is 10.1 Å². The van der Waals surface area contributed by atoms with Crippen molar-refractivity contribution in [1.82, 2.24) is 10.2 Å². The first kappa shape index (κ1) is 19.7. The van der Waals surface area contributed by atoms with E-state index in [9.17, 15) is 8.42 Å². The smallest absolute Gasteiger partial charge is 0.238 e. The number of para-hydroxylation sites is 1. The van der Waals surface area contributed by atoms with Gasteiger partial charge in [-0.25, -0.2) is 13.6 Å². The lowest BCUT2D eigenvalue weighted by Crippen LogP contribution is -2.40. The summed E-state index contributed by atoms with van der Waals surface area (Å²) in [5.41, 5.74) is 0.798. The molecule has 0 amide bonds. The van der Waals surface area contributed by atoms with Gasteiger partial charge in [0.2, 0.25) is 10.0 Å². The van der Waals surface area contributed by atoms with Gasteiger partial charge < -0.3 is 15.0 Å². The van der Waals surface area contributed by atoms with Crippen LogP contribution in [0.2, 0.25) is 0 Å². The predicted octanol–water partition coefficient (Wildman–Crippen LogP) is 1.42. The maximum atomic E-state index is 11.4. The van der Waals surface area contributed by atoms with Crippen LogP contribution < -0.4 is 15.2 Å². The second-order valence-electron chi connectivity index (χ2n) is 5.68. The standard InChI is InChI=1S/C18H24N4O3S/c1-20-18(22(2)11-12-25-16-8-4-3-5-9-16)21-14-15-7-6-10-17(13-15)26(19,23)24/h3-10,13H,11-12,14H2,1-2H3,(H,20,21)(H2,19,23,24). The van der Waals surface area contributed by atoms with E-state index in [-0.39, 0.29) is 4.90 Å². The number of hydrogen-bond donors (Lipinski definition) is 2. The summed E-state index contributed by atoms with van der Waals surface area (Å²) in [5, 5.41) is 8.36. The first-order valence-electron chi connectivity index (χ1n) is 8.11. The molecule has 0 fully saturated rings. The van der Waals surface area contributed by atoms with E-state index < -0.39 is 10.0 Å². The summed E-state index contributed by atoms with van der Waals surface area (Å²) in [7, 11) is -0.110. The number of hydrogen-bond acceptors (Lipinski definition) is 4. The molecular formula is C18H24N4O3S. The maximum absolute atomic E-state index is 11.4. The molecule has 3 N–H and O–H groups in total. The highest BCUT2D eigenvalue weighted by atomic mass is 32.2. The summed E-state index contributed by atoms with van der Waals surface area (Å²) in [6.07, 6.45) is 0. The number of primary sulfonamides is 1. The lowest BCUT2D eigenvalue weighted by atomic mass is 10.2. The first-order chi connectivity index (χ1) is 12.4. The normalized spacial score (nSPS) is 11.9. The Bertz CT molecular complexity index is 839. The van der Waals surface area contributed by atoms with Crippen molar-refractivity contribution in [1.29, 1.82) is 0 Å². The van der Waals surface area contributed by atoms with Crippen LogP contribution in [0.4, 0.5) is 0 Å². The summed E-state index contributed by atoms with van der Waals surface area (Å²) < 4.78 is 28.6. The van der Waals surface area contributed by atoms with Crippen molar-refractivity contribution >= 4 is 16.0 Å². The number of benzene rings is 2. The van der Waals surface area contributed by atoms with Gasteiger partial charge in [0.25, 0.3) is 0 Å². The molecule has 0 unspecified atom stereocenters. The van der Waals surface area contributed by atoms with Crippen molar-refractivity contribution in [2.75, 3.05) is 27.2 Å². The fraction of sp³-hybridized carbons (Fsp3) is 0.278. The number of nitrogens with zero attached hydrogens (tertiary/aromatic N) is 2. The minimum Gasteiger partial charge on any atom is -0.492 e. The third kappa shape index (κ3) is 6.05. The Morgan fingerprint density at radius 1 is 1.19 bits per heavy atom.